The average Bonchev–Trinajstić information content (AvgIpc) is 2.66. The third-order valence-corrected chi connectivity index (χ3v) is 6.88. The van der Waals surface area contributed by atoms with Crippen LogP contribution in [0.1, 0.15) is 60.4 Å². The van der Waals surface area contributed by atoms with Crippen molar-refractivity contribution in [1.29, 1.82) is 0 Å². The fourth-order valence-corrected chi connectivity index (χ4v) is 6.33. The summed E-state index contributed by atoms with van der Waals surface area (Å²) in [5.41, 5.74) is 1.29. The van der Waals surface area contributed by atoms with Crippen LogP contribution in [0.5, 0.6) is 6.01 Å². The Balaban J connectivity index is 1.32. The molecule has 162 valence electrons. The number of hydrogen-bond donors (Lipinski definition) is 2. The van der Waals surface area contributed by atoms with Crippen molar-refractivity contribution in [3.8, 4) is 6.01 Å². The smallest absolute Gasteiger partial charge is 0.374 e. The lowest BCUT2D eigenvalue weighted by molar-refractivity contribution is -0.0450. The molecule has 0 spiro atoms. The maximum Gasteiger partial charge on any atom is 0.415 e. The summed E-state index contributed by atoms with van der Waals surface area (Å²) in [4.78, 5) is 38.2. The van der Waals surface area contributed by atoms with E-state index in [1.165, 1.54) is 0 Å². The summed E-state index contributed by atoms with van der Waals surface area (Å²) < 4.78 is 5.36. The lowest BCUT2D eigenvalue weighted by Crippen LogP contribution is -2.70. The Morgan fingerprint density at radius 1 is 0.968 bits per heavy atom. The summed E-state index contributed by atoms with van der Waals surface area (Å²) >= 11 is 0. The molecular weight excluding hydrogens is 394 g/mol. The van der Waals surface area contributed by atoms with Crippen LogP contribution in [0.4, 0.5) is 4.79 Å². The second-order valence-electron chi connectivity index (χ2n) is 9.64. The van der Waals surface area contributed by atoms with Crippen LogP contribution in [0.3, 0.4) is 0 Å². The molecule has 2 aromatic heterocycles. The average molecular weight is 422 g/mol. The Labute approximate surface area is 181 Å². The van der Waals surface area contributed by atoms with Gasteiger partial charge in [0.25, 0.3) is 5.91 Å². The molecule has 0 radical (unpaired) electrons. The highest BCUT2D eigenvalue weighted by atomic mass is 16.6. The Morgan fingerprint density at radius 2 is 1.65 bits per heavy atom. The lowest BCUT2D eigenvalue weighted by atomic mass is 9.50. The number of carbonyl (C=O) groups is 2. The molecule has 0 saturated heterocycles. The summed E-state index contributed by atoms with van der Waals surface area (Å²) in [6, 6.07) is 7.28. The number of carbonyl (C=O) groups excluding carboxylic acids is 2. The second-order valence-corrected chi connectivity index (χ2v) is 9.64. The summed E-state index contributed by atoms with van der Waals surface area (Å²) in [5.74, 6) is 0.807. The molecule has 2 N–H and O–H groups in total. The van der Waals surface area contributed by atoms with E-state index in [0.29, 0.717) is 24.0 Å². The summed E-state index contributed by atoms with van der Waals surface area (Å²) in [6.45, 7) is 3.70. The number of aryl methyl sites for hydroxylation is 2. The van der Waals surface area contributed by atoms with Crippen LogP contribution < -0.4 is 15.4 Å². The van der Waals surface area contributed by atoms with E-state index in [4.69, 9.17) is 4.74 Å². The van der Waals surface area contributed by atoms with E-state index < -0.39 is 6.09 Å². The number of pyridine rings is 1. The van der Waals surface area contributed by atoms with Crippen LogP contribution in [0.2, 0.25) is 0 Å². The van der Waals surface area contributed by atoms with Gasteiger partial charge in [0.15, 0.2) is 0 Å². The van der Waals surface area contributed by atoms with Crippen molar-refractivity contribution >= 4 is 12.0 Å². The van der Waals surface area contributed by atoms with E-state index in [1.54, 1.807) is 18.3 Å². The minimum Gasteiger partial charge on any atom is -0.374 e. The number of amides is 2. The SMILES string of the molecule is Cc1cccc(C(=O)NC23CC4CC(CC(NC(=O)Oc5nccc(C)n5)(C4)C2)C3)n1. The molecule has 6 rings (SSSR count). The van der Waals surface area contributed by atoms with Crippen molar-refractivity contribution < 1.29 is 14.3 Å². The number of nitrogens with zero attached hydrogens (tertiary/aromatic N) is 3. The number of nitrogens with one attached hydrogen (secondary N) is 2. The van der Waals surface area contributed by atoms with E-state index in [2.05, 4.69) is 25.6 Å². The largest absolute Gasteiger partial charge is 0.415 e. The van der Waals surface area contributed by atoms with Crippen LogP contribution in [0, 0.1) is 25.7 Å². The molecule has 4 bridgehead atoms. The zero-order chi connectivity index (χ0) is 21.6. The fraction of sp³-hybridized carbons (Fsp3) is 0.522. The molecule has 2 heterocycles. The van der Waals surface area contributed by atoms with E-state index in [-0.39, 0.29) is 23.0 Å². The molecule has 4 aliphatic rings. The molecule has 31 heavy (non-hydrogen) atoms. The number of hydrogen-bond acceptors (Lipinski definition) is 6. The van der Waals surface area contributed by atoms with Gasteiger partial charge in [-0.1, -0.05) is 6.07 Å². The first kappa shape index (κ1) is 19.9. The first-order valence-corrected chi connectivity index (χ1v) is 10.9. The highest BCUT2D eigenvalue weighted by Crippen LogP contribution is 2.57. The van der Waals surface area contributed by atoms with Crippen molar-refractivity contribution in [3.63, 3.8) is 0 Å². The minimum absolute atomic E-state index is 0.0516. The molecule has 4 saturated carbocycles. The van der Waals surface area contributed by atoms with Crippen LogP contribution in [0.25, 0.3) is 0 Å². The van der Waals surface area contributed by atoms with Gasteiger partial charge < -0.3 is 15.4 Å². The third kappa shape index (κ3) is 3.98. The summed E-state index contributed by atoms with van der Waals surface area (Å²) in [6.07, 6.45) is 6.60. The van der Waals surface area contributed by atoms with Gasteiger partial charge in [-0.25, -0.2) is 19.7 Å². The summed E-state index contributed by atoms with van der Waals surface area (Å²) in [7, 11) is 0. The van der Waals surface area contributed by atoms with Crippen LogP contribution >= 0.6 is 0 Å². The van der Waals surface area contributed by atoms with Crippen molar-refractivity contribution in [2.75, 3.05) is 0 Å². The van der Waals surface area contributed by atoms with E-state index in [0.717, 1.165) is 43.5 Å². The zero-order valence-electron chi connectivity index (χ0n) is 17.9. The van der Waals surface area contributed by atoms with Crippen LogP contribution in [0.15, 0.2) is 30.5 Å². The topological polar surface area (TPSA) is 106 Å². The van der Waals surface area contributed by atoms with Gasteiger partial charge in [0.2, 0.25) is 0 Å². The molecule has 4 fully saturated rings. The number of aromatic nitrogens is 3. The number of ether oxygens (including phenoxy) is 1. The predicted octanol–water partition coefficient (Wildman–Crippen LogP) is 3.10. The normalized spacial score (nSPS) is 30.6. The zero-order valence-corrected chi connectivity index (χ0v) is 17.9. The van der Waals surface area contributed by atoms with Crippen molar-refractivity contribution in [3.05, 3.63) is 47.5 Å². The number of rotatable bonds is 4. The Kier molecular flexibility index (Phi) is 4.68. The summed E-state index contributed by atoms with van der Waals surface area (Å²) in [5, 5.41) is 6.44. The van der Waals surface area contributed by atoms with Gasteiger partial charge in [-0.3, -0.25) is 4.79 Å². The minimum atomic E-state index is -0.533. The van der Waals surface area contributed by atoms with Gasteiger partial charge in [-0.2, -0.15) is 0 Å². The molecule has 0 aliphatic heterocycles. The van der Waals surface area contributed by atoms with Gasteiger partial charge in [-0.05, 0) is 82.4 Å². The predicted molar refractivity (Wildman–Crippen MR) is 113 cm³/mol. The van der Waals surface area contributed by atoms with Gasteiger partial charge >= 0.3 is 12.1 Å². The Bertz CT molecular complexity index is 1030. The van der Waals surface area contributed by atoms with E-state index in [1.807, 2.05) is 26.0 Å². The van der Waals surface area contributed by atoms with Gasteiger partial charge in [0.05, 0.1) is 0 Å². The molecule has 8 nitrogen and oxygen atoms in total. The van der Waals surface area contributed by atoms with E-state index >= 15 is 0 Å². The molecular formula is C23H27N5O3. The highest BCUT2D eigenvalue weighted by Gasteiger charge is 2.59. The first-order valence-electron chi connectivity index (χ1n) is 10.9. The molecule has 4 aliphatic carbocycles. The van der Waals surface area contributed by atoms with Gasteiger partial charge in [0, 0.05) is 28.7 Å². The highest BCUT2D eigenvalue weighted by molar-refractivity contribution is 5.92. The lowest BCUT2D eigenvalue weighted by Gasteiger charge is -2.61. The van der Waals surface area contributed by atoms with Gasteiger partial charge in [-0.15, -0.1) is 0 Å². The maximum absolute atomic E-state index is 13.0. The second kappa shape index (κ2) is 7.28. The quantitative estimate of drug-likeness (QED) is 0.786. The van der Waals surface area contributed by atoms with Gasteiger partial charge in [0.1, 0.15) is 5.69 Å². The maximum atomic E-state index is 13.0. The molecule has 8 heteroatoms. The fourth-order valence-electron chi connectivity index (χ4n) is 6.33. The van der Waals surface area contributed by atoms with Crippen molar-refractivity contribution in [1.82, 2.24) is 25.6 Å². The molecule has 2 aromatic rings. The van der Waals surface area contributed by atoms with Crippen molar-refractivity contribution in [2.24, 2.45) is 11.8 Å². The Hall–Kier alpha value is -3.03. The standard InChI is InChI=1S/C23H27N5O3/c1-14-4-3-5-18(25-14)19(29)27-22-9-16-8-17(10-22)12-23(11-16,13-22)28-21(30)31-20-24-7-6-15(2)26-20/h3-7,16-17H,8-13H2,1-2H3,(H,27,29)(H,28,30). The molecule has 2 amide bonds. The van der Waals surface area contributed by atoms with Crippen LogP contribution in [-0.2, 0) is 0 Å². The Morgan fingerprint density at radius 3 is 2.32 bits per heavy atom. The third-order valence-electron chi connectivity index (χ3n) is 6.88. The first-order chi connectivity index (χ1) is 14.8. The molecule has 2 atom stereocenters. The van der Waals surface area contributed by atoms with Crippen molar-refractivity contribution in [2.45, 2.75) is 63.5 Å². The van der Waals surface area contributed by atoms with Crippen LogP contribution in [-0.4, -0.2) is 38.0 Å². The molecule has 0 aromatic carbocycles. The monoisotopic (exact) mass is 421 g/mol. The molecule has 2 unspecified atom stereocenters. The van der Waals surface area contributed by atoms with E-state index in [9.17, 15) is 9.59 Å².